The highest BCUT2D eigenvalue weighted by molar-refractivity contribution is 5.68. The molecule has 1 aromatic carbocycles. The zero-order chi connectivity index (χ0) is 16.5. The molecule has 1 saturated heterocycles. The number of esters is 1. The summed E-state index contributed by atoms with van der Waals surface area (Å²) in [7, 11) is 1.45. The largest absolute Gasteiger partial charge is 0.469 e. The highest BCUT2D eigenvalue weighted by Crippen LogP contribution is 2.18. The topological polar surface area (TPSA) is 58.8 Å². The summed E-state index contributed by atoms with van der Waals surface area (Å²) < 4.78 is 4.65. The molecule has 1 fully saturated rings. The molecular weight excluding hydrogens is 290 g/mol. The first-order valence-corrected chi connectivity index (χ1v) is 8.58. The first kappa shape index (κ1) is 17.6. The number of nitrogens with zero attached hydrogens (tertiary/aromatic N) is 2. The van der Waals surface area contributed by atoms with Gasteiger partial charge in [-0.15, -0.1) is 0 Å². The number of rotatable bonds is 8. The van der Waals surface area contributed by atoms with E-state index in [4.69, 9.17) is 5.73 Å². The number of carbonyl (C=O) groups is 1. The van der Waals surface area contributed by atoms with E-state index in [1.165, 1.54) is 25.6 Å². The van der Waals surface area contributed by atoms with Crippen molar-refractivity contribution in [2.75, 3.05) is 50.5 Å². The lowest BCUT2D eigenvalue weighted by Gasteiger charge is -2.36. The predicted molar refractivity (Wildman–Crippen MR) is 94.6 cm³/mol. The van der Waals surface area contributed by atoms with Crippen LogP contribution in [0, 0.1) is 0 Å². The van der Waals surface area contributed by atoms with E-state index in [-0.39, 0.29) is 5.97 Å². The molecule has 0 saturated carbocycles. The highest BCUT2D eigenvalue weighted by atomic mass is 16.5. The van der Waals surface area contributed by atoms with Gasteiger partial charge in [0.15, 0.2) is 0 Å². The Hall–Kier alpha value is -1.75. The molecule has 5 heteroatoms. The molecule has 1 aliphatic heterocycles. The van der Waals surface area contributed by atoms with Crippen molar-refractivity contribution in [1.82, 2.24) is 4.90 Å². The fraction of sp³-hybridized carbons (Fsp3) is 0.611. The number of nitrogens with two attached hydrogens (primary N) is 1. The van der Waals surface area contributed by atoms with Crippen LogP contribution in [0.5, 0.6) is 0 Å². The number of carbonyl (C=O) groups excluding carboxylic acids is 1. The minimum absolute atomic E-state index is 0.0937. The second-order valence-corrected chi connectivity index (χ2v) is 6.16. The molecule has 0 unspecified atom stereocenters. The van der Waals surface area contributed by atoms with Gasteiger partial charge in [0.2, 0.25) is 0 Å². The third kappa shape index (κ3) is 6.10. The van der Waals surface area contributed by atoms with Crippen LogP contribution in [-0.4, -0.2) is 50.7 Å². The summed E-state index contributed by atoms with van der Waals surface area (Å²) >= 11 is 0. The zero-order valence-corrected chi connectivity index (χ0v) is 14.2. The van der Waals surface area contributed by atoms with Gasteiger partial charge in [0.25, 0.3) is 0 Å². The molecular formula is C18H29N3O2. The Morgan fingerprint density at radius 2 is 1.70 bits per heavy atom. The summed E-state index contributed by atoms with van der Waals surface area (Å²) in [4.78, 5) is 16.0. The zero-order valence-electron chi connectivity index (χ0n) is 14.2. The molecule has 2 N–H and O–H groups in total. The summed E-state index contributed by atoms with van der Waals surface area (Å²) in [6.45, 7) is 5.55. The maximum atomic E-state index is 11.0. The summed E-state index contributed by atoms with van der Waals surface area (Å²) in [5.41, 5.74) is 7.82. The molecule has 1 heterocycles. The van der Waals surface area contributed by atoms with E-state index < -0.39 is 0 Å². The highest BCUT2D eigenvalue weighted by Gasteiger charge is 2.16. The van der Waals surface area contributed by atoms with Crippen molar-refractivity contribution in [3.63, 3.8) is 0 Å². The van der Waals surface area contributed by atoms with Crippen LogP contribution < -0.4 is 10.6 Å². The summed E-state index contributed by atoms with van der Waals surface area (Å²) in [6, 6.07) is 8.14. The van der Waals surface area contributed by atoms with Gasteiger partial charge in [0, 0.05) is 44.0 Å². The molecule has 128 valence electrons. The fourth-order valence-electron chi connectivity index (χ4n) is 2.98. The molecule has 23 heavy (non-hydrogen) atoms. The van der Waals surface area contributed by atoms with Gasteiger partial charge in [-0.05, 0) is 43.7 Å². The first-order valence-electron chi connectivity index (χ1n) is 8.58. The minimum Gasteiger partial charge on any atom is -0.469 e. The number of hydrogen-bond acceptors (Lipinski definition) is 5. The fourth-order valence-corrected chi connectivity index (χ4v) is 2.98. The van der Waals surface area contributed by atoms with Crippen LogP contribution in [0.15, 0.2) is 24.3 Å². The molecule has 0 spiro atoms. The van der Waals surface area contributed by atoms with Gasteiger partial charge in [0.05, 0.1) is 7.11 Å². The van der Waals surface area contributed by atoms with Crippen LogP contribution in [0.3, 0.4) is 0 Å². The van der Waals surface area contributed by atoms with Crippen molar-refractivity contribution in [2.24, 2.45) is 0 Å². The smallest absolute Gasteiger partial charge is 0.305 e. The van der Waals surface area contributed by atoms with Gasteiger partial charge in [0.1, 0.15) is 0 Å². The molecule has 0 aliphatic carbocycles. The van der Waals surface area contributed by atoms with Gasteiger partial charge in [-0.25, -0.2) is 0 Å². The molecule has 2 rings (SSSR count). The van der Waals surface area contributed by atoms with E-state index in [2.05, 4.69) is 26.7 Å². The molecule has 1 aliphatic rings. The number of unbranched alkanes of at least 4 members (excludes halogenated alkanes) is 3. The quantitative estimate of drug-likeness (QED) is 0.453. The van der Waals surface area contributed by atoms with E-state index in [0.717, 1.165) is 51.3 Å². The summed E-state index contributed by atoms with van der Waals surface area (Å²) in [5, 5.41) is 0. The van der Waals surface area contributed by atoms with E-state index in [0.29, 0.717) is 6.42 Å². The second kappa shape index (κ2) is 9.40. The normalized spacial score (nSPS) is 15.6. The van der Waals surface area contributed by atoms with Crippen LogP contribution in [0.4, 0.5) is 11.4 Å². The maximum Gasteiger partial charge on any atom is 0.305 e. The number of piperazine rings is 1. The molecule has 0 amide bonds. The Morgan fingerprint density at radius 1 is 1.04 bits per heavy atom. The number of methoxy groups -OCH3 is 1. The number of nitrogen functional groups attached to an aromatic ring is 1. The molecule has 5 nitrogen and oxygen atoms in total. The third-order valence-corrected chi connectivity index (χ3v) is 4.46. The third-order valence-electron chi connectivity index (χ3n) is 4.46. The monoisotopic (exact) mass is 319 g/mol. The van der Waals surface area contributed by atoms with Gasteiger partial charge in [-0.2, -0.15) is 0 Å². The second-order valence-electron chi connectivity index (χ2n) is 6.16. The van der Waals surface area contributed by atoms with E-state index in [1.807, 2.05) is 12.1 Å². The Kier molecular flexibility index (Phi) is 7.20. The van der Waals surface area contributed by atoms with Crippen LogP contribution in [0.25, 0.3) is 0 Å². The molecule has 0 aromatic heterocycles. The number of benzene rings is 1. The van der Waals surface area contributed by atoms with Crippen molar-refractivity contribution < 1.29 is 9.53 Å². The van der Waals surface area contributed by atoms with Gasteiger partial charge in [-0.3, -0.25) is 9.69 Å². The molecule has 0 atom stereocenters. The predicted octanol–water partition coefficient (Wildman–Crippen LogP) is 2.51. The molecule has 0 bridgehead atoms. The van der Waals surface area contributed by atoms with Gasteiger partial charge < -0.3 is 15.4 Å². The van der Waals surface area contributed by atoms with E-state index in [1.54, 1.807) is 0 Å². The van der Waals surface area contributed by atoms with Crippen molar-refractivity contribution >= 4 is 17.3 Å². The van der Waals surface area contributed by atoms with Crippen LogP contribution in [-0.2, 0) is 9.53 Å². The lowest BCUT2D eigenvalue weighted by atomic mass is 10.1. The number of anilines is 2. The number of hydrogen-bond donors (Lipinski definition) is 1. The number of ether oxygens (including phenoxy) is 1. The van der Waals surface area contributed by atoms with E-state index in [9.17, 15) is 4.79 Å². The van der Waals surface area contributed by atoms with Crippen molar-refractivity contribution in [3.8, 4) is 0 Å². The SMILES string of the molecule is COC(=O)CCCCCCN1CCN(c2ccc(N)cc2)CC1. The summed E-state index contributed by atoms with van der Waals surface area (Å²) in [6.07, 6.45) is 5.01. The van der Waals surface area contributed by atoms with Crippen LogP contribution in [0.2, 0.25) is 0 Å². The minimum atomic E-state index is -0.0937. The lowest BCUT2D eigenvalue weighted by Crippen LogP contribution is -2.46. The Morgan fingerprint density at radius 3 is 2.35 bits per heavy atom. The first-order chi connectivity index (χ1) is 11.2. The van der Waals surface area contributed by atoms with Crippen molar-refractivity contribution in [3.05, 3.63) is 24.3 Å². The Bertz CT molecular complexity index is 468. The maximum absolute atomic E-state index is 11.0. The molecule has 1 aromatic rings. The standard InChI is InChI=1S/C18H29N3O2/c1-23-18(22)6-4-2-3-5-11-20-12-14-21(15-13-20)17-9-7-16(19)8-10-17/h7-10H,2-6,11-15,19H2,1H3. The van der Waals surface area contributed by atoms with Gasteiger partial charge >= 0.3 is 5.97 Å². The Labute approximate surface area is 139 Å². The van der Waals surface area contributed by atoms with E-state index >= 15 is 0 Å². The average Bonchev–Trinajstić information content (AvgIpc) is 2.59. The Balaban J connectivity index is 1.56. The van der Waals surface area contributed by atoms with Crippen molar-refractivity contribution in [2.45, 2.75) is 32.1 Å². The summed E-state index contributed by atoms with van der Waals surface area (Å²) in [5.74, 6) is -0.0937. The van der Waals surface area contributed by atoms with Crippen LogP contribution in [0.1, 0.15) is 32.1 Å². The van der Waals surface area contributed by atoms with Crippen LogP contribution >= 0.6 is 0 Å². The molecule has 0 radical (unpaired) electrons. The van der Waals surface area contributed by atoms with Crippen molar-refractivity contribution in [1.29, 1.82) is 0 Å². The van der Waals surface area contributed by atoms with Gasteiger partial charge in [-0.1, -0.05) is 12.8 Å². The lowest BCUT2D eigenvalue weighted by molar-refractivity contribution is -0.140. The average molecular weight is 319 g/mol.